The number of hydrogen-bond acceptors (Lipinski definition) is 1. The van der Waals surface area contributed by atoms with Gasteiger partial charge in [0.2, 0.25) is 0 Å². The molecule has 0 aromatic heterocycles. The fourth-order valence-electron chi connectivity index (χ4n) is 0.477. The zero-order valence-corrected chi connectivity index (χ0v) is 7.35. The molecule has 0 N–H and O–H groups in total. The quantitative estimate of drug-likeness (QED) is 0.335. The summed E-state index contributed by atoms with van der Waals surface area (Å²) in [5, 5.41) is 0. The molecule has 1 nitrogen and oxygen atoms in total. The Morgan fingerprint density at radius 2 is 1.89 bits per heavy atom. The third-order valence-corrected chi connectivity index (χ3v) is 2.41. The molecule has 0 heterocycles. The summed E-state index contributed by atoms with van der Waals surface area (Å²) in [4.78, 5) is 9.82. The van der Waals surface area contributed by atoms with Gasteiger partial charge in [-0.15, -0.1) is 0 Å². The van der Waals surface area contributed by atoms with Crippen molar-refractivity contribution >= 4 is 14.4 Å². The van der Waals surface area contributed by atoms with E-state index in [-0.39, 0.29) is 0 Å². The first kappa shape index (κ1) is 8.63. The minimum atomic E-state index is -0.940. The van der Waals surface area contributed by atoms with Crippen LogP contribution in [0.2, 0.25) is 25.7 Å². The van der Waals surface area contributed by atoms with E-state index in [1.807, 2.05) is 6.08 Å². The Morgan fingerprint density at radius 3 is 2.22 bits per heavy atom. The Morgan fingerprint density at radius 1 is 1.33 bits per heavy atom. The second kappa shape index (κ2) is 3.61. The number of rotatable bonds is 3. The molecule has 0 amide bonds. The van der Waals surface area contributed by atoms with Gasteiger partial charge < -0.3 is 0 Å². The monoisotopic (exact) mass is 142 g/mol. The maximum absolute atomic E-state index is 9.82. The summed E-state index contributed by atoms with van der Waals surface area (Å²) in [5.41, 5.74) is 0. The molecule has 0 bridgehead atoms. The lowest BCUT2D eigenvalue weighted by Crippen LogP contribution is -2.17. The van der Waals surface area contributed by atoms with Gasteiger partial charge in [0.1, 0.15) is 6.29 Å². The largest absolute Gasteiger partial charge is 0.299 e. The van der Waals surface area contributed by atoms with Gasteiger partial charge in [-0.2, -0.15) is 0 Å². The molecule has 2 heteroatoms. The van der Waals surface area contributed by atoms with Crippen molar-refractivity contribution in [3.8, 4) is 0 Å². The SMILES string of the molecule is C[Si](C)(C)C/C=C/C=O. The van der Waals surface area contributed by atoms with Crippen molar-refractivity contribution in [1.29, 1.82) is 0 Å². The number of allylic oxidation sites excluding steroid dienone is 2. The molecule has 0 aromatic rings. The molecule has 52 valence electrons. The molecular weight excluding hydrogens is 128 g/mol. The van der Waals surface area contributed by atoms with Gasteiger partial charge in [0.15, 0.2) is 0 Å². The first-order valence-electron chi connectivity index (χ1n) is 3.16. The maximum Gasteiger partial charge on any atom is 0.142 e. The topological polar surface area (TPSA) is 17.1 Å². The zero-order valence-electron chi connectivity index (χ0n) is 6.35. The van der Waals surface area contributed by atoms with E-state index >= 15 is 0 Å². The van der Waals surface area contributed by atoms with Crippen molar-refractivity contribution in [3.05, 3.63) is 12.2 Å². The molecule has 0 aliphatic heterocycles. The molecule has 9 heavy (non-hydrogen) atoms. The zero-order chi connectivity index (χ0) is 7.33. The van der Waals surface area contributed by atoms with E-state index in [0.717, 1.165) is 12.3 Å². The number of carbonyl (C=O) groups is 1. The maximum atomic E-state index is 9.82. The molecule has 0 atom stereocenters. The van der Waals surface area contributed by atoms with Crippen LogP contribution in [0.3, 0.4) is 0 Å². The van der Waals surface area contributed by atoms with Gasteiger partial charge in [0.05, 0.1) is 0 Å². The van der Waals surface area contributed by atoms with Gasteiger partial charge in [-0.3, -0.25) is 4.79 Å². The van der Waals surface area contributed by atoms with Crippen molar-refractivity contribution in [3.63, 3.8) is 0 Å². The van der Waals surface area contributed by atoms with E-state index in [2.05, 4.69) is 19.6 Å². The van der Waals surface area contributed by atoms with Crippen LogP contribution in [-0.4, -0.2) is 14.4 Å². The molecule has 0 spiro atoms. The molecule has 0 saturated carbocycles. The summed E-state index contributed by atoms with van der Waals surface area (Å²) in [6, 6.07) is 1.10. The first-order valence-corrected chi connectivity index (χ1v) is 6.87. The molecular formula is C7H14OSi. The number of carbonyl (C=O) groups excluding carboxylic acids is 1. The van der Waals surface area contributed by atoms with Crippen LogP contribution in [0.25, 0.3) is 0 Å². The van der Waals surface area contributed by atoms with Crippen LogP contribution in [0.15, 0.2) is 12.2 Å². The summed E-state index contributed by atoms with van der Waals surface area (Å²) in [6.07, 6.45) is 4.37. The fourth-order valence-corrected chi connectivity index (χ4v) is 1.32. The summed E-state index contributed by atoms with van der Waals surface area (Å²) in [5.74, 6) is 0. The normalized spacial score (nSPS) is 12.3. The van der Waals surface area contributed by atoms with Crippen LogP contribution in [-0.2, 0) is 4.79 Å². The second-order valence-corrected chi connectivity index (χ2v) is 8.86. The highest BCUT2D eigenvalue weighted by atomic mass is 28.3. The van der Waals surface area contributed by atoms with Gasteiger partial charge in [-0.05, 0) is 12.1 Å². The minimum Gasteiger partial charge on any atom is -0.299 e. The van der Waals surface area contributed by atoms with Crippen LogP contribution in [0.5, 0.6) is 0 Å². The Labute approximate surface area is 57.8 Å². The molecule has 0 saturated heterocycles. The molecule has 0 aliphatic rings. The van der Waals surface area contributed by atoms with Crippen molar-refractivity contribution in [1.82, 2.24) is 0 Å². The standard InChI is InChI=1S/C7H14OSi/c1-9(2,3)7-5-4-6-8/h4-6H,7H2,1-3H3/b5-4+. The summed E-state index contributed by atoms with van der Waals surface area (Å²) >= 11 is 0. The van der Waals surface area contributed by atoms with Gasteiger partial charge >= 0.3 is 0 Å². The predicted octanol–water partition coefficient (Wildman–Crippen LogP) is 2.08. The van der Waals surface area contributed by atoms with E-state index in [4.69, 9.17) is 0 Å². The van der Waals surface area contributed by atoms with E-state index in [9.17, 15) is 4.79 Å². The Kier molecular flexibility index (Phi) is 3.46. The lowest BCUT2D eigenvalue weighted by atomic mass is 10.6. The van der Waals surface area contributed by atoms with Crippen molar-refractivity contribution in [2.45, 2.75) is 25.7 Å². The summed E-state index contributed by atoms with van der Waals surface area (Å²) < 4.78 is 0. The van der Waals surface area contributed by atoms with Gasteiger partial charge in [0.25, 0.3) is 0 Å². The molecule has 0 aliphatic carbocycles. The molecule has 0 fully saturated rings. The van der Waals surface area contributed by atoms with Gasteiger partial charge in [-0.1, -0.05) is 25.7 Å². The van der Waals surface area contributed by atoms with Crippen molar-refractivity contribution in [2.75, 3.05) is 0 Å². The highest BCUT2D eigenvalue weighted by Gasteiger charge is 2.08. The fraction of sp³-hybridized carbons (Fsp3) is 0.571. The van der Waals surface area contributed by atoms with E-state index in [1.54, 1.807) is 6.08 Å². The number of aldehydes is 1. The van der Waals surface area contributed by atoms with E-state index < -0.39 is 8.07 Å². The third kappa shape index (κ3) is 7.63. The summed E-state index contributed by atoms with van der Waals surface area (Å²) in [6.45, 7) is 6.84. The average molecular weight is 142 g/mol. The van der Waals surface area contributed by atoms with Crippen LogP contribution < -0.4 is 0 Å². The van der Waals surface area contributed by atoms with Crippen molar-refractivity contribution < 1.29 is 4.79 Å². The van der Waals surface area contributed by atoms with Crippen LogP contribution in [0.4, 0.5) is 0 Å². The van der Waals surface area contributed by atoms with Crippen LogP contribution in [0.1, 0.15) is 0 Å². The van der Waals surface area contributed by atoms with Crippen LogP contribution >= 0.6 is 0 Å². The highest BCUT2D eigenvalue weighted by molar-refractivity contribution is 6.76. The highest BCUT2D eigenvalue weighted by Crippen LogP contribution is 2.07. The van der Waals surface area contributed by atoms with Crippen LogP contribution in [0, 0.1) is 0 Å². The molecule has 0 rings (SSSR count). The van der Waals surface area contributed by atoms with Gasteiger partial charge in [-0.25, -0.2) is 0 Å². The Balaban J connectivity index is 3.50. The Bertz CT molecular complexity index is 111. The molecule has 0 radical (unpaired) electrons. The summed E-state index contributed by atoms with van der Waals surface area (Å²) in [7, 11) is -0.940. The Hall–Kier alpha value is -0.373. The first-order chi connectivity index (χ1) is 4.06. The van der Waals surface area contributed by atoms with Crippen molar-refractivity contribution in [2.24, 2.45) is 0 Å². The molecule has 0 aromatic carbocycles. The van der Waals surface area contributed by atoms with Gasteiger partial charge in [0, 0.05) is 8.07 Å². The molecule has 0 unspecified atom stereocenters. The predicted molar refractivity (Wildman–Crippen MR) is 43.4 cm³/mol. The minimum absolute atomic E-state index is 0.833. The smallest absolute Gasteiger partial charge is 0.142 e. The van der Waals surface area contributed by atoms with E-state index in [1.165, 1.54) is 0 Å². The lowest BCUT2D eigenvalue weighted by molar-refractivity contribution is -0.104. The third-order valence-electron chi connectivity index (χ3n) is 0.945. The average Bonchev–Trinajstić information content (AvgIpc) is 1.63. The number of hydrogen-bond donors (Lipinski definition) is 0. The lowest BCUT2D eigenvalue weighted by Gasteiger charge is -2.10. The van der Waals surface area contributed by atoms with E-state index in [0.29, 0.717) is 0 Å². The second-order valence-electron chi connectivity index (χ2n) is 3.33.